The molecule has 0 amide bonds. The van der Waals surface area contributed by atoms with E-state index in [0.29, 0.717) is 11.1 Å². The normalized spacial score (nSPS) is 13.0. The fourth-order valence-corrected chi connectivity index (χ4v) is 4.16. The lowest BCUT2D eigenvalue weighted by atomic mass is 10.0. The summed E-state index contributed by atoms with van der Waals surface area (Å²) in [6.45, 7) is 2.40. The van der Waals surface area contributed by atoms with Crippen LogP contribution >= 0.6 is 0 Å². The summed E-state index contributed by atoms with van der Waals surface area (Å²) in [7, 11) is 0. The van der Waals surface area contributed by atoms with Gasteiger partial charge >= 0.3 is 29.8 Å². The van der Waals surface area contributed by atoms with E-state index >= 15 is 0 Å². The number of phenolic OH excluding ortho intramolecular Hbond substituents is 1. The highest BCUT2D eigenvalue weighted by Crippen LogP contribution is 2.19. The zero-order chi connectivity index (χ0) is 34.3. The number of para-hydroxylation sites is 1. The topological polar surface area (TPSA) is 253 Å². The fourth-order valence-electron chi connectivity index (χ4n) is 4.16. The maximum Gasteiger partial charge on any atom is 0.345 e. The number of aromatic hydroxyl groups is 1. The van der Waals surface area contributed by atoms with Crippen LogP contribution in [0.1, 0.15) is 31.4 Å². The Kier molecular flexibility index (Phi) is 14.1. The van der Waals surface area contributed by atoms with Gasteiger partial charge in [-0.25, -0.2) is 19.2 Å². The molecular weight excluding hydrogens is 620 g/mol. The fraction of sp³-hybridized carbons (Fsp3) is 0.367. The van der Waals surface area contributed by atoms with Crippen LogP contribution in [0.2, 0.25) is 0 Å². The first kappa shape index (κ1) is 36.4. The Bertz CT molecular complexity index is 1510. The van der Waals surface area contributed by atoms with Crippen molar-refractivity contribution in [2.75, 3.05) is 13.1 Å². The van der Waals surface area contributed by atoms with Gasteiger partial charge in [-0.2, -0.15) is 0 Å². The molecule has 17 nitrogen and oxygen atoms in total. The van der Waals surface area contributed by atoms with Crippen molar-refractivity contribution >= 4 is 40.7 Å². The molecule has 0 fully saturated rings. The van der Waals surface area contributed by atoms with Gasteiger partial charge in [0.15, 0.2) is 0 Å². The number of carbonyl (C=O) groups excluding carboxylic acids is 4. The van der Waals surface area contributed by atoms with Crippen molar-refractivity contribution in [3.8, 4) is 5.75 Å². The zero-order valence-electron chi connectivity index (χ0n) is 25.7. The molecule has 3 atom stereocenters. The Morgan fingerprint density at radius 3 is 2.13 bits per heavy atom. The molecule has 9 N–H and O–H groups in total. The average Bonchev–Trinajstić information content (AvgIpc) is 3.44. The predicted molar refractivity (Wildman–Crippen MR) is 163 cm³/mol. The van der Waals surface area contributed by atoms with Crippen LogP contribution in [0.4, 0.5) is 0 Å². The Hall–Kier alpha value is -5.07. The number of fused-ring (bicyclic) bond motifs is 1. The van der Waals surface area contributed by atoms with Crippen LogP contribution in [0.15, 0.2) is 54.7 Å². The summed E-state index contributed by atoms with van der Waals surface area (Å²) < 4.78 is 0. The SMILES string of the molecule is CC(C)CC(NOC(=O)[C@H](Cc1c[nH]c2ccccc12)NOC(=O)CNOC(=O)CNOC(=O)[C@@H](N)Cc1ccc(O)cc1)C(=O)O. The predicted octanol–water partition coefficient (Wildman–Crippen LogP) is 0.0451. The monoisotopic (exact) mass is 658 g/mol. The molecule has 1 heterocycles. The first-order chi connectivity index (χ1) is 22.4. The lowest BCUT2D eigenvalue weighted by molar-refractivity contribution is -0.168. The minimum Gasteiger partial charge on any atom is -0.508 e. The maximum absolute atomic E-state index is 12.9. The molecule has 0 spiro atoms. The van der Waals surface area contributed by atoms with E-state index in [2.05, 4.69) is 31.7 Å². The molecule has 254 valence electrons. The smallest absolute Gasteiger partial charge is 0.345 e. The summed E-state index contributed by atoms with van der Waals surface area (Å²) in [6, 6.07) is 9.93. The number of hydroxylamine groups is 4. The quantitative estimate of drug-likeness (QED) is 0.0625. The van der Waals surface area contributed by atoms with Crippen molar-refractivity contribution in [3.05, 3.63) is 65.9 Å². The van der Waals surface area contributed by atoms with Gasteiger partial charge in [0.25, 0.3) is 0 Å². The van der Waals surface area contributed by atoms with Crippen LogP contribution < -0.4 is 27.7 Å². The Morgan fingerprint density at radius 1 is 0.809 bits per heavy atom. The van der Waals surface area contributed by atoms with Gasteiger partial charge in [-0.15, -0.1) is 21.9 Å². The number of benzene rings is 2. The van der Waals surface area contributed by atoms with Crippen LogP contribution in [0, 0.1) is 5.92 Å². The second kappa shape index (κ2) is 18.2. The number of hydrogen-bond donors (Lipinski definition) is 8. The molecule has 1 unspecified atom stereocenters. The minimum atomic E-state index is -1.26. The molecule has 3 aromatic rings. The molecule has 0 aliphatic heterocycles. The van der Waals surface area contributed by atoms with Crippen LogP contribution in [0.5, 0.6) is 5.75 Å². The first-order valence-electron chi connectivity index (χ1n) is 14.5. The number of hydrogen-bond acceptors (Lipinski definition) is 15. The molecular formula is C30H38N6O11. The van der Waals surface area contributed by atoms with Gasteiger partial charge in [0.2, 0.25) is 0 Å². The third-order valence-electron chi connectivity index (χ3n) is 6.49. The number of carbonyl (C=O) groups is 5. The number of aliphatic carboxylic acids is 1. The zero-order valence-corrected chi connectivity index (χ0v) is 25.7. The number of carboxylic acids is 1. The lowest BCUT2D eigenvalue weighted by Gasteiger charge is -2.20. The Labute approximate surface area is 268 Å². The highest BCUT2D eigenvalue weighted by molar-refractivity contribution is 5.85. The van der Waals surface area contributed by atoms with Crippen LogP contribution in [0.25, 0.3) is 10.9 Å². The van der Waals surface area contributed by atoms with Crippen molar-refractivity contribution < 1.29 is 53.5 Å². The van der Waals surface area contributed by atoms with Crippen molar-refractivity contribution in [3.63, 3.8) is 0 Å². The summed E-state index contributed by atoms with van der Waals surface area (Å²) in [5.74, 6) is -4.86. The second-order valence-electron chi connectivity index (χ2n) is 10.8. The summed E-state index contributed by atoms with van der Waals surface area (Å²) >= 11 is 0. The molecule has 3 rings (SSSR count). The molecule has 0 radical (unpaired) electrons. The largest absolute Gasteiger partial charge is 0.508 e. The summed E-state index contributed by atoms with van der Waals surface area (Å²) in [6.07, 6.45) is 1.98. The minimum absolute atomic E-state index is 0.00316. The van der Waals surface area contributed by atoms with Crippen LogP contribution in [0.3, 0.4) is 0 Å². The summed E-state index contributed by atoms with van der Waals surface area (Å²) in [4.78, 5) is 83.2. The van der Waals surface area contributed by atoms with Crippen molar-refractivity contribution in [2.24, 2.45) is 11.7 Å². The van der Waals surface area contributed by atoms with Gasteiger partial charge in [-0.1, -0.05) is 44.2 Å². The molecule has 47 heavy (non-hydrogen) atoms. The highest BCUT2D eigenvalue weighted by Gasteiger charge is 2.27. The number of H-pyrrole nitrogens is 1. The van der Waals surface area contributed by atoms with E-state index in [1.54, 1.807) is 18.3 Å². The van der Waals surface area contributed by atoms with Gasteiger partial charge in [-0.3, -0.25) is 4.79 Å². The number of nitrogens with one attached hydrogen (secondary N) is 5. The summed E-state index contributed by atoms with van der Waals surface area (Å²) in [5, 5.41) is 19.6. The van der Waals surface area contributed by atoms with Gasteiger partial charge in [-0.05, 0) is 48.1 Å². The molecule has 0 saturated heterocycles. The van der Waals surface area contributed by atoms with E-state index in [1.807, 2.05) is 38.1 Å². The van der Waals surface area contributed by atoms with Crippen molar-refractivity contribution in [2.45, 2.75) is 51.2 Å². The number of phenols is 1. The maximum atomic E-state index is 12.9. The van der Waals surface area contributed by atoms with E-state index in [4.69, 9.17) is 20.2 Å². The van der Waals surface area contributed by atoms with Crippen molar-refractivity contribution in [1.82, 2.24) is 26.9 Å². The van der Waals surface area contributed by atoms with E-state index in [-0.39, 0.29) is 30.9 Å². The Morgan fingerprint density at radius 2 is 1.45 bits per heavy atom. The third kappa shape index (κ3) is 12.3. The lowest BCUT2D eigenvalue weighted by Crippen LogP contribution is -2.47. The van der Waals surface area contributed by atoms with E-state index in [1.165, 1.54) is 12.1 Å². The average molecular weight is 659 g/mol. The molecule has 0 aliphatic carbocycles. The second-order valence-corrected chi connectivity index (χ2v) is 10.8. The third-order valence-corrected chi connectivity index (χ3v) is 6.49. The number of aromatic nitrogens is 1. The van der Waals surface area contributed by atoms with E-state index in [9.17, 15) is 34.2 Å². The Balaban J connectivity index is 1.44. The number of aromatic amines is 1. The van der Waals surface area contributed by atoms with Crippen LogP contribution in [-0.4, -0.2) is 76.3 Å². The summed E-state index contributed by atoms with van der Waals surface area (Å²) in [5.41, 5.74) is 16.8. The van der Waals surface area contributed by atoms with E-state index in [0.717, 1.165) is 10.9 Å². The molecule has 0 aliphatic rings. The molecule has 17 heteroatoms. The molecule has 1 aromatic heterocycles. The standard InChI is InChI=1S/C30H38N6O11/c1-17(2)11-24(28(40)41)35-47-30(43)25(13-19-14-32-23-6-4-3-5-21(19)23)36-45-27(39)16-33-44-26(38)15-34-46-29(42)22(31)12-18-7-9-20(37)10-8-18/h3-10,14,17,22,24-25,32-37H,11-13,15-16,31H2,1-2H3,(H,40,41)/t22-,24?,25-/m0/s1. The van der Waals surface area contributed by atoms with Crippen LogP contribution in [-0.2, 0) is 56.2 Å². The van der Waals surface area contributed by atoms with Gasteiger partial charge in [0, 0.05) is 23.5 Å². The number of nitrogens with two attached hydrogens (primary N) is 1. The number of rotatable bonds is 19. The molecule has 2 aromatic carbocycles. The van der Waals surface area contributed by atoms with Gasteiger partial charge in [0.1, 0.15) is 37.0 Å². The van der Waals surface area contributed by atoms with Gasteiger partial charge in [0.05, 0.1) is 0 Å². The molecule has 0 saturated carbocycles. The number of carboxylic acid groups (broad SMARTS) is 1. The van der Waals surface area contributed by atoms with Gasteiger partial charge < -0.3 is 40.3 Å². The van der Waals surface area contributed by atoms with E-state index < -0.39 is 61.1 Å². The molecule has 0 bridgehead atoms. The van der Waals surface area contributed by atoms with Crippen molar-refractivity contribution in [1.29, 1.82) is 0 Å². The highest BCUT2D eigenvalue weighted by atomic mass is 16.7. The first-order valence-corrected chi connectivity index (χ1v) is 14.5.